The molecule has 1 heterocycles. The zero-order valence-electron chi connectivity index (χ0n) is 14.1. The van der Waals surface area contributed by atoms with Gasteiger partial charge in [-0.25, -0.2) is 4.99 Å². The zero-order chi connectivity index (χ0) is 17.6. The quantitative estimate of drug-likeness (QED) is 0.787. The van der Waals surface area contributed by atoms with Crippen LogP contribution in [-0.4, -0.2) is 27.6 Å². The molecule has 0 atom stereocenters. The lowest BCUT2D eigenvalue weighted by atomic mass is 10.2. The highest BCUT2D eigenvalue weighted by Crippen LogP contribution is 2.35. The molecule has 0 unspecified atom stereocenters. The lowest BCUT2D eigenvalue weighted by Crippen LogP contribution is -2.30. The Morgan fingerprint density at radius 3 is 2.56 bits per heavy atom. The van der Waals surface area contributed by atoms with E-state index in [0.29, 0.717) is 22.2 Å². The summed E-state index contributed by atoms with van der Waals surface area (Å²) in [7, 11) is 0. The van der Waals surface area contributed by atoms with Crippen LogP contribution in [0, 0.1) is 0 Å². The number of aliphatic imine (C=N–C) groups is 1. The number of benzene rings is 2. The summed E-state index contributed by atoms with van der Waals surface area (Å²) in [6.45, 7) is 2.74. The van der Waals surface area contributed by atoms with Gasteiger partial charge in [-0.1, -0.05) is 49.7 Å². The second-order valence-electron chi connectivity index (χ2n) is 5.71. The Bertz CT molecular complexity index is 815. The molecular weight excluding hydrogens is 332 g/mol. The number of hydrogen-bond acceptors (Lipinski definition) is 4. The van der Waals surface area contributed by atoms with Crippen LogP contribution < -0.4 is 0 Å². The number of amides is 1. The average molecular weight is 352 g/mol. The van der Waals surface area contributed by atoms with Gasteiger partial charge in [0, 0.05) is 12.1 Å². The first-order valence-corrected chi connectivity index (χ1v) is 9.14. The molecule has 0 aromatic heterocycles. The molecule has 3 rings (SSSR count). The van der Waals surface area contributed by atoms with Gasteiger partial charge in [-0.15, -0.1) is 0 Å². The van der Waals surface area contributed by atoms with Crippen molar-refractivity contribution in [2.24, 2.45) is 4.99 Å². The molecule has 5 heteroatoms. The van der Waals surface area contributed by atoms with Gasteiger partial charge in [0.25, 0.3) is 5.91 Å². The van der Waals surface area contributed by atoms with Crippen LogP contribution in [0.15, 0.2) is 64.5 Å². The minimum Gasteiger partial charge on any atom is -0.507 e. The molecule has 1 N–H and O–H groups in total. The summed E-state index contributed by atoms with van der Waals surface area (Å²) in [5.41, 5.74) is 1.46. The predicted octanol–water partition coefficient (Wildman–Crippen LogP) is 4.80. The molecule has 0 aliphatic carbocycles. The molecule has 2 aromatic rings. The fourth-order valence-corrected chi connectivity index (χ4v) is 3.48. The van der Waals surface area contributed by atoms with Crippen molar-refractivity contribution in [2.45, 2.75) is 19.8 Å². The third-order valence-corrected chi connectivity index (χ3v) is 4.83. The number of carbonyl (C=O) groups excluding carboxylic acids is 1. The smallest absolute Gasteiger partial charge is 0.266 e. The number of unbranched alkanes of at least 4 members (excludes halogenated alkanes) is 1. The van der Waals surface area contributed by atoms with Gasteiger partial charge in [0.15, 0.2) is 5.17 Å². The summed E-state index contributed by atoms with van der Waals surface area (Å²) < 4.78 is 0. The van der Waals surface area contributed by atoms with Gasteiger partial charge >= 0.3 is 0 Å². The lowest BCUT2D eigenvalue weighted by Gasteiger charge is -2.14. The first-order valence-electron chi connectivity index (χ1n) is 8.32. The molecule has 1 fully saturated rings. The van der Waals surface area contributed by atoms with Crippen LogP contribution in [0.4, 0.5) is 5.69 Å². The highest BCUT2D eigenvalue weighted by Gasteiger charge is 2.33. The van der Waals surface area contributed by atoms with Gasteiger partial charge in [0.2, 0.25) is 0 Å². The van der Waals surface area contributed by atoms with E-state index in [4.69, 9.17) is 0 Å². The minimum atomic E-state index is -0.0589. The van der Waals surface area contributed by atoms with Crippen LogP contribution in [-0.2, 0) is 4.79 Å². The van der Waals surface area contributed by atoms with Crippen LogP contribution in [0.1, 0.15) is 25.3 Å². The third kappa shape index (κ3) is 4.12. The first kappa shape index (κ1) is 17.3. The summed E-state index contributed by atoms with van der Waals surface area (Å²) in [4.78, 5) is 19.7. The molecule has 0 spiro atoms. The maximum absolute atomic E-state index is 12.8. The molecule has 0 bridgehead atoms. The molecule has 1 aliphatic rings. The number of hydrogen-bond donors (Lipinski definition) is 1. The van der Waals surface area contributed by atoms with E-state index in [2.05, 4.69) is 11.9 Å². The second kappa shape index (κ2) is 8.03. The average Bonchev–Trinajstić information content (AvgIpc) is 2.91. The molecule has 1 saturated heterocycles. The van der Waals surface area contributed by atoms with E-state index in [1.54, 1.807) is 29.2 Å². The summed E-state index contributed by atoms with van der Waals surface area (Å²) in [6, 6.07) is 16.6. The summed E-state index contributed by atoms with van der Waals surface area (Å²) in [5.74, 6) is 0.105. The SMILES string of the molecule is CCCCN1C(=O)C(=Cc2ccccc2O)SC1=Nc1ccccc1. The molecule has 1 aliphatic heterocycles. The predicted molar refractivity (Wildman–Crippen MR) is 104 cm³/mol. The molecule has 128 valence electrons. The normalized spacial score (nSPS) is 17.6. The fourth-order valence-electron chi connectivity index (χ4n) is 2.47. The molecule has 4 nitrogen and oxygen atoms in total. The van der Waals surface area contributed by atoms with E-state index in [9.17, 15) is 9.90 Å². The number of thioether (sulfide) groups is 1. The number of amidine groups is 1. The maximum Gasteiger partial charge on any atom is 0.266 e. The van der Waals surface area contributed by atoms with E-state index in [1.807, 2.05) is 36.4 Å². The Morgan fingerprint density at radius 2 is 1.84 bits per heavy atom. The molecule has 0 saturated carbocycles. The Kier molecular flexibility index (Phi) is 5.56. The van der Waals surface area contributed by atoms with E-state index >= 15 is 0 Å². The second-order valence-corrected chi connectivity index (χ2v) is 6.72. The summed E-state index contributed by atoms with van der Waals surface area (Å²) >= 11 is 1.35. The van der Waals surface area contributed by atoms with Gasteiger partial charge in [-0.2, -0.15) is 0 Å². The molecule has 2 aromatic carbocycles. The third-order valence-electron chi connectivity index (χ3n) is 3.83. The number of carbonyl (C=O) groups is 1. The Hall–Kier alpha value is -2.53. The van der Waals surface area contributed by atoms with Gasteiger partial charge < -0.3 is 5.11 Å². The lowest BCUT2D eigenvalue weighted by molar-refractivity contribution is -0.122. The van der Waals surface area contributed by atoms with Crippen molar-refractivity contribution in [2.75, 3.05) is 6.54 Å². The summed E-state index contributed by atoms with van der Waals surface area (Å²) in [5, 5.41) is 10.6. The molecule has 1 amide bonds. The first-order chi connectivity index (χ1) is 12.2. The van der Waals surface area contributed by atoms with Crippen LogP contribution in [0.5, 0.6) is 5.75 Å². The summed E-state index contributed by atoms with van der Waals surface area (Å²) in [6.07, 6.45) is 3.66. The number of para-hydroxylation sites is 2. The number of nitrogens with zero attached hydrogens (tertiary/aromatic N) is 2. The zero-order valence-corrected chi connectivity index (χ0v) is 14.9. The number of aromatic hydroxyl groups is 1. The van der Waals surface area contributed by atoms with E-state index in [0.717, 1.165) is 18.5 Å². The van der Waals surface area contributed by atoms with Crippen molar-refractivity contribution >= 4 is 34.6 Å². The standard InChI is InChI=1S/C20H20N2O2S/c1-2-3-13-22-19(24)18(14-15-9-7-8-12-17(15)23)25-20(22)21-16-10-5-4-6-11-16/h4-12,14,23H,2-3,13H2,1H3. The Morgan fingerprint density at radius 1 is 1.12 bits per heavy atom. The fraction of sp³-hybridized carbons (Fsp3) is 0.200. The number of rotatable bonds is 5. The molecule has 0 radical (unpaired) electrons. The molecule has 25 heavy (non-hydrogen) atoms. The maximum atomic E-state index is 12.8. The Labute approximate surface area is 151 Å². The van der Waals surface area contributed by atoms with Crippen molar-refractivity contribution in [3.63, 3.8) is 0 Å². The van der Waals surface area contributed by atoms with Crippen molar-refractivity contribution in [1.29, 1.82) is 0 Å². The monoisotopic (exact) mass is 352 g/mol. The van der Waals surface area contributed by atoms with Gasteiger partial charge in [-0.05, 0) is 42.5 Å². The topological polar surface area (TPSA) is 52.9 Å². The highest BCUT2D eigenvalue weighted by molar-refractivity contribution is 8.18. The van der Waals surface area contributed by atoms with Crippen LogP contribution >= 0.6 is 11.8 Å². The Balaban J connectivity index is 1.94. The number of phenolic OH excluding ortho intramolecular Hbond substituents is 1. The molecular formula is C20H20N2O2S. The van der Waals surface area contributed by atoms with Crippen LogP contribution in [0.25, 0.3) is 6.08 Å². The van der Waals surface area contributed by atoms with Gasteiger partial charge in [0.1, 0.15) is 5.75 Å². The van der Waals surface area contributed by atoms with Crippen LogP contribution in [0.2, 0.25) is 0 Å². The van der Waals surface area contributed by atoms with E-state index < -0.39 is 0 Å². The van der Waals surface area contributed by atoms with Gasteiger partial charge in [-0.3, -0.25) is 9.69 Å². The number of phenols is 1. The van der Waals surface area contributed by atoms with E-state index in [-0.39, 0.29) is 11.7 Å². The minimum absolute atomic E-state index is 0.0589. The van der Waals surface area contributed by atoms with Gasteiger partial charge in [0.05, 0.1) is 10.6 Å². The highest BCUT2D eigenvalue weighted by atomic mass is 32.2. The van der Waals surface area contributed by atoms with Crippen molar-refractivity contribution in [3.8, 4) is 5.75 Å². The van der Waals surface area contributed by atoms with Crippen LogP contribution in [0.3, 0.4) is 0 Å². The largest absolute Gasteiger partial charge is 0.507 e. The van der Waals surface area contributed by atoms with Crippen molar-refractivity contribution in [1.82, 2.24) is 4.90 Å². The van der Waals surface area contributed by atoms with Crippen molar-refractivity contribution < 1.29 is 9.90 Å². The van der Waals surface area contributed by atoms with E-state index in [1.165, 1.54) is 11.8 Å². The van der Waals surface area contributed by atoms with Crippen molar-refractivity contribution in [3.05, 3.63) is 65.1 Å².